The third-order valence-corrected chi connectivity index (χ3v) is 5.06. The van der Waals surface area contributed by atoms with Gasteiger partial charge in [0, 0.05) is 34.1 Å². The van der Waals surface area contributed by atoms with Crippen molar-refractivity contribution in [1.29, 1.82) is 0 Å². The summed E-state index contributed by atoms with van der Waals surface area (Å²) in [5.74, 6) is -0.653. The van der Waals surface area contributed by atoms with E-state index in [1.54, 1.807) is 36.4 Å². The zero-order valence-corrected chi connectivity index (χ0v) is 16.3. The summed E-state index contributed by atoms with van der Waals surface area (Å²) in [4.78, 5) is 25.2. The second-order valence-electron chi connectivity index (χ2n) is 6.24. The number of thiophene rings is 1. The van der Waals surface area contributed by atoms with E-state index in [9.17, 15) is 14.0 Å². The average molecular weight is 394 g/mol. The third-order valence-electron chi connectivity index (χ3n) is 3.96. The molecule has 2 amide bonds. The molecule has 1 aromatic heterocycles. The number of hydrogen-bond donors (Lipinski definition) is 2. The molecule has 0 fully saturated rings. The standard InChI is InChI=1S/C22H19FN2O2S/c1-14-13-18(7-10-20(14)24-15(2)26)25-22(27)12-9-19-8-11-21(28-19)16-3-5-17(23)6-4-16/h3-13H,1-2H3,(H,24,26)(H,25,27)/b12-9+. The fraction of sp³-hybridized carbons (Fsp3) is 0.0909. The van der Waals surface area contributed by atoms with Crippen LogP contribution in [0.1, 0.15) is 17.4 Å². The molecule has 0 unspecified atom stereocenters. The van der Waals surface area contributed by atoms with Gasteiger partial charge in [-0.05, 0) is 66.6 Å². The zero-order valence-electron chi connectivity index (χ0n) is 15.5. The summed E-state index contributed by atoms with van der Waals surface area (Å²) in [5.41, 5.74) is 3.16. The Morgan fingerprint density at radius 2 is 1.75 bits per heavy atom. The molecule has 28 heavy (non-hydrogen) atoms. The Morgan fingerprint density at radius 3 is 2.43 bits per heavy atom. The number of anilines is 2. The molecule has 0 atom stereocenters. The summed E-state index contributed by atoms with van der Waals surface area (Å²) < 4.78 is 13.0. The minimum absolute atomic E-state index is 0.140. The maximum atomic E-state index is 13.0. The summed E-state index contributed by atoms with van der Waals surface area (Å²) in [6, 6.07) is 15.5. The number of halogens is 1. The van der Waals surface area contributed by atoms with Crippen LogP contribution < -0.4 is 10.6 Å². The number of rotatable bonds is 5. The van der Waals surface area contributed by atoms with Gasteiger partial charge in [0.05, 0.1) is 0 Å². The zero-order chi connectivity index (χ0) is 20.1. The minimum Gasteiger partial charge on any atom is -0.326 e. The molecule has 3 aromatic rings. The lowest BCUT2D eigenvalue weighted by Crippen LogP contribution is -2.10. The van der Waals surface area contributed by atoms with Crippen molar-refractivity contribution in [2.24, 2.45) is 0 Å². The van der Waals surface area contributed by atoms with Crippen LogP contribution in [0.4, 0.5) is 15.8 Å². The lowest BCUT2D eigenvalue weighted by atomic mass is 10.1. The number of carbonyl (C=O) groups is 2. The quantitative estimate of drug-likeness (QED) is 0.564. The highest BCUT2D eigenvalue weighted by Gasteiger charge is 2.05. The van der Waals surface area contributed by atoms with Crippen LogP contribution in [0, 0.1) is 12.7 Å². The van der Waals surface area contributed by atoms with Gasteiger partial charge in [0.2, 0.25) is 11.8 Å². The molecule has 0 aliphatic rings. The van der Waals surface area contributed by atoms with Crippen molar-refractivity contribution >= 4 is 40.6 Å². The van der Waals surface area contributed by atoms with Gasteiger partial charge in [-0.2, -0.15) is 0 Å². The minimum atomic E-state index is -0.266. The highest BCUT2D eigenvalue weighted by molar-refractivity contribution is 7.16. The predicted octanol–water partition coefficient (Wildman–Crippen LogP) is 5.47. The Bertz CT molecular complexity index is 1040. The topological polar surface area (TPSA) is 58.2 Å². The summed E-state index contributed by atoms with van der Waals surface area (Å²) in [6.07, 6.45) is 3.21. The molecule has 6 heteroatoms. The van der Waals surface area contributed by atoms with Gasteiger partial charge in [-0.25, -0.2) is 4.39 Å². The van der Waals surface area contributed by atoms with Crippen LogP contribution in [0.2, 0.25) is 0 Å². The maximum Gasteiger partial charge on any atom is 0.248 e. The molecule has 2 aromatic carbocycles. The lowest BCUT2D eigenvalue weighted by molar-refractivity contribution is -0.114. The fourth-order valence-corrected chi connectivity index (χ4v) is 3.54. The lowest BCUT2D eigenvalue weighted by Gasteiger charge is -2.09. The molecular formula is C22H19FN2O2S. The molecule has 0 spiro atoms. The molecule has 0 radical (unpaired) electrons. The van der Waals surface area contributed by atoms with Gasteiger partial charge in [-0.3, -0.25) is 9.59 Å². The second-order valence-corrected chi connectivity index (χ2v) is 7.36. The summed E-state index contributed by atoms with van der Waals surface area (Å²) in [5, 5.41) is 5.54. The van der Waals surface area contributed by atoms with Gasteiger partial charge in [-0.15, -0.1) is 11.3 Å². The monoisotopic (exact) mass is 394 g/mol. The third kappa shape index (κ3) is 5.14. The fourth-order valence-electron chi connectivity index (χ4n) is 2.62. The molecule has 0 aliphatic heterocycles. The van der Waals surface area contributed by atoms with Crippen molar-refractivity contribution in [1.82, 2.24) is 0 Å². The van der Waals surface area contributed by atoms with E-state index in [1.165, 1.54) is 36.5 Å². The van der Waals surface area contributed by atoms with Gasteiger partial charge in [-0.1, -0.05) is 12.1 Å². The van der Waals surface area contributed by atoms with Gasteiger partial charge >= 0.3 is 0 Å². The maximum absolute atomic E-state index is 13.0. The first-order valence-electron chi connectivity index (χ1n) is 8.64. The molecule has 1 heterocycles. The predicted molar refractivity (Wildman–Crippen MR) is 113 cm³/mol. The number of aryl methyl sites for hydroxylation is 1. The number of carbonyl (C=O) groups excluding carboxylic acids is 2. The SMILES string of the molecule is CC(=O)Nc1ccc(NC(=O)/C=C/c2ccc(-c3ccc(F)cc3)s2)cc1C. The van der Waals surface area contributed by atoms with Crippen molar-refractivity contribution in [2.75, 3.05) is 10.6 Å². The van der Waals surface area contributed by atoms with E-state index in [0.717, 1.165) is 20.9 Å². The van der Waals surface area contributed by atoms with Crippen molar-refractivity contribution in [3.63, 3.8) is 0 Å². The van der Waals surface area contributed by atoms with Crippen LogP contribution in [-0.2, 0) is 9.59 Å². The van der Waals surface area contributed by atoms with E-state index >= 15 is 0 Å². The molecule has 3 rings (SSSR count). The molecule has 0 saturated carbocycles. The highest BCUT2D eigenvalue weighted by Crippen LogP contribution is 2.29. The van der Waals surface area contributed by atoms with E-state index in [-0.39, 0.29) is 17.6 Å². The van der Waals surface area contributed by atoms with E-state index < -0.39 is 0 Å². The molecular weight excluding hydrogens is 375 g/mol. The van der Waals surface area contributed by atoms with Gasteiger partial charge in [0.25, 0.3) is 0 Å². The first-order chi connectivity index (χ1) is 13.4. The molecule has 0 bridgehead atoms. The van der Waals surface area contributed by atoms with Crippen LogP contribution in [0.5, 0.6) is 0 Å². The number of nitrogens with one attached hydrogen (secondary N) is 2. The summed E-state index contributed by atoms with van der Waals surface area (Å²) in [6.45, 7) is 3.31. The van der Waals surface area contributed by atoms with Gasteiger partial charge in [0.1, 0.15) is 5.82 Å². The van der Waals surface area contributed by atoms with Crippen LogP contribution in [0.25, 0.3) is 16.5 Å². The Labute approximate surface area is 166 Å². The Hall–Kier alpha value is -3.25. The molecule has 2 N–H and O–H groups in total. The second kappa shape index (κ2) is 8.63. The Morgan fingerprint density at radius 1 is 1.00 bits per heavy atom. The van der Waals surface area contributed by atoms with Crippen LogP contribution in [0.3, 0.4) is 0 Å². The Balaban J connectivity index is 1.63. The summed E-state index contributed by atoms with van der Waals surface area (Å²) >= 11 is 1.52. The molecule has 142 valence electrons. The molecule has 4 nitrogen and oxygen atoms in total. The first kappa shape index (κ1) is 19.5. The van der Waals surface area contributed by atoms with Crippen LogP contribution >= 0.6 is 11.3 Å². The Kier molecular flexibility index (Phi) is 6.01. The number of benzene rings is 2. The average Bonchev–Trinajstić information content (AvgIpc) is 3.12. The van der Waals surface area contributed by atoms with Gasteiger partial charge < -0.3 is 10.6 Å². The van der Waals surface area contributed by atoms with E-state index in [0.29, 0.717) is 11.4 Å². The first-order valence-corrected chi connectivity index (χ1v) is 9.45. The van der Waals surface area contributed by atoms with E-state index in [2.05, 4.69) is 10.6 Å². The highest BCUT2D eigenvalue weighted by atomic mass is 32.1. The largest absolute Gasteiger partial charge is 0.326 e. The smallest absolute Gasteiger partial charge is 0.248 e. The number of hydrogen-bond acceptors (Lipinski definition) is 3. The van der Waals surface area contributed by atoms with E-state index in [1.807, 2.05) is 19.1 Å². The summed E-state index contributed by atoms with van der Waals surface area (Å²) in [7, 11) is 0. The van der Waals surface area contributed by atoms with E-state index in [4.69, 9.17) is 0 Å². The van der Waals surface area contributed by atoms with Crippen LogP contribution in [0.15, 0.2) is 60.7 Å². The van der Waals surface area contributed by atoms with Gasteiger partial charge in [0.15, 0.2) is 0 Å². The van der Waals surface area contributed by atoms with Crippen LogP contribution in [-0.4, -0.2) is 11.8 Å². The number of amides is 2. The normalized spacial score (nSPS) is 10.8. The van der Waals surface area contributed by atoms with Crippen molar-refractivity contribution in [2.45, 2.75) is 13.8 Å². The molecule has 0 saturated heterocycles. The van der Waals surface area contributed by atoms with Crippen molar-refractivity contribution in [3.8, 4) is 10.4 Å². The van der Waals surface area contributed by atoms with Crippen molar-refractivity contribution < 1.29 is 14.0 Å². The van der Waals surface area contributed by atoms with Crippen molar-refractivity contribution in [3.05, 3.63) is 76.9 Å². The molecule has 0 aliphatic carbocycles.